The van der Waals surface area contributed by atoms with Gasteiger partial charge in [0.05, 0.1) is 16.6 Å². The molecule has 3 nitrogen and oxygen atoms in total. The summed E-state index contributed by atoms with van der Waals surface area (Å²) in [5.41, 5.74) is 1.28. The van der Waals surface area contributed by atoms with Crippen molar-refractivity contribution in [2.45, 2.75) is 6.18 Å². The number of rotatable bonds is 2. The van der Waals surface area contributed by atoms with Crippen molar-refractivity contribution in [2.24, 2.45) is 0 Å². The maximum absolute atomic E-state index is 12.5. The van der Waals surface area contributed by atoms with Crippen LogP contribution in [0.4, 0.5) is 24.8 Å². The fourth-order valence-corrected chi connectivity index (χ4v) is 2.09. The third kappa shape index (κ3) is 3.45. The topological polar surface area (TPSA) is 40.7 Å². The molecule has 0 fully saturated rings. The van der Waals surface area contributed by atoms with Crippen LogP contribution < -0.4 is 5.32 Å². The Bertz CT molecular complexity index is 782. The van der Waals surface area contributed by atoms with Crippen LogP contribution in [0.3, 0.4) is 0 Å². The van der Waals surface area contributed by atoms with E-state index in [-0.39, 0.29) is 12.4 Å². The average molecular weight is 348 g/mol. The summed E-state index contributed by atoms with van der Waals surface area (Å²) >= 11 is 5.87. The largest absolute Gasteiger partial charge is 0.416 e. The van der Waals surface area contributed by atoms with E-state index in [0.29, 0.717) is 22.2 Å². The van der Waals surface area contributed by atoms with Crippen molar-refractivity contribution in [2.75, 3.05) is 5.32 Å². The Labute approximate surface area is 134 Å². The molecule has 116 valence electrons. The fourth-order valence-electron chi connectivity index (χ4n) is 1.92. The number of H-pyrrole nitrogens is 1. The molecule has 0 atom stereocenters. The van der Waals surface area contributed by atoms with Crippen molar-refractivity contribution in [3.05, 3.63) is 53.1 Å². The third-order valence-electron chi connectivity index (χ3n) is 2.92. The van der Waals surface area contributed by atoms with Crippen molar-refractivity contribution in [3.8, 4) is 0 Å². The number of fused-ring (bicyclic) bond motifs is 1. The number of aromatic nitrogens is 2. The zero-order valence-corrected chi connectivity index (χ0v) is 12.5. The molecule has 1 aromatic heterocycles. The maximum Gasteiger partial charge on any atom is 0.416 e. The van der Waals surface area contributed by atoms with Gasteiger partial charge in [-0.2, -0.15) is 13.2 Å². The second-order valence-electron chi connectivity index (χ2n) is 4.45. The lowest BCUT2D eigenvalue weighted by Crippen LogP contribution is -2.04. The van der Waals surface area contributed by atoms with Crippen molar-refractivity contribution in [1.29, 1.82) is 0 Å². The molecule has 3 rings (SSSR count). The third-order valence-corrected chi connectivity index (χ3v) is 3.15. The molecule has 0 unspecified atom stereocenters. The lowest BCUT2D eigenvalue weighted by atomic mass is 10.2. The lowest BCUT2D eigenvalue weighted by molar-refractivity contribution is -0.137. The summed E-state index contributed by atoms with van der Waals surface area (Å²) in [5.74, 6) is 0.437. The van der Waals surface area contributed by atoms with Gasteiger partial charge in [0.1, 0.15) is 0 Å². The lowest BCUT2D eigenvalue weighted by Gasteiger charge is -2.07. The highest BCUT2D eigenvalue weighted by Crippen LogP contribution is 2.30. The van der Waals surface area contributed by atoms with E-state index in [1.54, 1.807) is 18.2 Å². The summed E-state index contributed by atoms with van der Waals surface area (Å²) in [6, 6.07) is 9.93. The summed E-state index contributed by atoms with van der Waals surface area (Å²) in [4.78, 5) is 7.27. The summed E-state index contributed by atoms with van der Waals surface area (Å²) < 4.78 is 37.4. The minimum Gasteiger partial charge on any atom is -0.326 e. The highest BCUT2D eigenvalue weighted by Gasteiger charge is 2.29. The molecule has 0 saturated carbocycles. The van der Waals surface area contributed by atoms with Gasteiger partial charge in [-0.1, -0.05) is 11.6 Å². The Morgan fingerprint density at radius 3 is 2.36 bits per heavy atom. The van der Waals surface area contributed by atoms with Crippen LogP contribution in [-0.4, -0.2) is 9.97 Å². The Hall–Kier alpha value is -1.92. The minimum absolute atomic E-state index is 0. The molecule has 0 radical (unpaired) electrons. The number of anilines is 2. The number of halogens is 5. The Morgan fingerprint density at radius 1 is 1.05 bits per heavy atom. The molecule has 3 aromatic rings. The van der Waals surface area contributed by atoms with E-state index >= 15 is 0 Å². The number of imidazole rings is 1. The van der Waals surface area contributed by atoms with Gasteiger partial charge in [0.2, 0.25) is 5.95 Å². The van der Waals surface area contributed by atoms with Gasteiger partial charge in [0.15, 0.2) is 0 Å². The van der Waals surface area contributed by atoms with Crippen LogP contribution in [0.2, 0.25) is 5.02 Å². The summed E-state index contributed by atoms with van der Waals surface area (Å²) in [7, 11) is 0. The van der Waals surface area contributed by atoms with E-state index in [9.17, 15) is 13.2 Å². The second kappa shape index (κ2) is 6.06. The Balaban J connectivity index is 0.00000176. The van der Waals surface area contributed by atoms with Crippen LogP contribution in [0, 0.1) is 0 Å². The molecule has 2 aromatic carbocycles. The molecular weight excluding hydrogens is 338 g/mol. The van der Waals surface area contributed by atoms with Gasteiger partial charge in [-0.25, -0.2) is 4.98 Å². The molecule has 8 heteroatoms. The van der Waals surface area contributed by atoms with Gasteiger partial charge in [-0.3, -0.25) is 0 Å². The molecule has 1 heterocycles. The standard InChI is InChI=1S/C14H9ClF3N3.ClH/c15-9-3-6-11-12(7-9)21-13(20-11)19-10-4-1-8(2-5-10)14(16,17)18;/h1-7H,(H2,19,20,21);1H. The smallest absolute Gasteiger partial charge is 0.326 e. The summed E-state index contributed by atoms with van der Waals surface area (Å²) in [5, 5.41) is 3.49. The van der Waals surface area contributed by atoms with Crippen LogP contribution >= 0.6 is 24.0 Å². The molecule has 0 spiro atoms. The van der Waals surface area contributed by atoms with Crippen molar-refractivity contribution < 1.29 is 13.2 Å². The molecule has 2 N–H and O–H groups in total. The number of benzene rings is 2. The minimum atomic E-state index is -4.34. The number of hydrogen-bond donors (Lipinski definition) is 2. The first-order valence-corrected chi connectivity index (χ1v) is 6.39. The van der Waals surface area contributed by atoms with Gasteiger partial charge in [-0.15, -0.1) is 12.4 Å². The number of nitrogens with zero attached hydrogens (tertiary/aromatic N) is 1. The normalized spacial score (nSPS) is 11.3. The summed E-state index contributed by atoms with van der Waals surface area (Å²) in [6.45, 7) is 0. The number of nitrogens with one attached hydrogen (secondary N) is 2. The molecular formula is C14H10Cl2F3N3. The molecule has 0 aliphatic carbocycles. The monoisotopic (exact) mass is 347 g/mol. The van der Waals surface area contributed by atoms with E-state index in [1.807, 2.05) is 0 Å². The van der Waals surface area contributed by atoms with Crippen LogP contribution in [-0.2, 0) is 6.18 Å². The van der Waals surface area contributed by atoms with E-state index in [1.165, 1.54) is 12.1 Å². The highest BCUT2D eigenvalue weighted by atomic mass is 35.5. The number of alkyl halides is 3. The zero-order chi connectivity index (χ0) is 15.0. The molecule has 0 bridgehead atoms. The molecule has 0 aliphatic heterocycles. The van der Waals surface area contributed by atoms with Gasteiger partial charge < -0.3 is 10.3 Å². The first-order valence-electron chi connectivity index (χ1n) is 6.01. The molecule has 0 saturated heterocycles. The number of aromatic amines is 1. The fraction of sp³-hybridized carbons (Fsp3) is 0.0714. The second-order valence-corrected chi connectivity index (χ2v) is 4.88. The zero-order valence-electron chi connectivity index (χ0n) is 10.9. The predicted octanol–water partition coefficient (Wildman–Crippen LogP) is 5.40. The predicted molar refractivity (Wildman–Crippen MR) is 83.1 cm³/mol. The quantitative estimate of drug-likeness (QED) is 0.651. The first-order chi connectivity index (χ1) is 9.91. The first kappa shape index (κ1) is 16.5. The van der Waals surface area contributed by atoms with E-state index in [0.717, 1.165) is 17.6 Å². The number of hydrogen-bond acceptors (Lipinski definition) is 2. The van der Waals surface area contributed by atoms with Crippen LogP contribution in [0.25, 0.3) is 11.0 Å². The molecule has 0 aliphatic rings. The van der Waals surface area contributed by atoms with Gasteiger partial charge in [-0.05, 0) is 42.5 Å². The van der Waals surface area contributed by atoms with E-state index < -0.39 is 11.7 Å². The highest BCUT2D eigenvalue weighted by molar-refractivity contribution is 6.31. The van der Waals surface area contributed by atoms with Gasteiger partial charge in [0, 0.05) is 10.7 Å². The van der Waals surface area contributed by atoms with Gasteiger partial charge in [0.25, 0.3) is 0 Å². The van der Waals surface area contributed by atoms with E-state index in [2.05, 4.69) is 15.3 Å². The van der Waals surface area contributed by atoms with Crippen LogP contribution in [0.1, 0.15) is 5.56 Å². The van der Waals surface area contributed by atoms with Crippen molar-refractivity contribution in [3.63, 3.8) is 0 Å². The Kier molecular flexibility index (Phi) is 4.53. The van der Waals surface area contributed by atoms with Crippen molar-refractivity contribution in [1.82, 2.24) is 9.97 Å². The van der Waals surface area contributed by atoms with Crippen LogP contribution in [0.15, 0.2) is 42.5 Å². The maximum atomic E-state index is 12.5. The molecule has 0 amide bonds. The van der Waals surface area contributed by atoms with Crippen molar-refractivity contribution >= 4 is 46.7 Å². The van der Waals surface area contributed by atoms with Crippen LogP contribution in [0.5, 0.6) is 0 Å². The SMILES string of the molecule is Cl.FC(F)(F)c1ccc(Nc2nc3ccc(Cl)cc3[nH]2)cc1. The van der Waals surface area contributed by atoms with Gasteiger partial charge >= 0.3 is 6.18 Å². The molecule has 22 heavy (non-hydrogen) atoms. The average Bonchev–Trinajstić information content (AvgIpc) is 2.79. The van der Waals surface area contributed by atoms with E-state index in [4.69, 9.17) is 11.6 Å². The Morgan fingerprint density at radius 2 is 1.73 bits per heavy atom. The summed E-state index contributed by atoms with van der Waals surface area (Å²) in [6.07, 6.45) is -4.34.